The van der Waals surface area contributed by atoms with Crippen LogP contribution in [0.5, 0.6) is 11.5 Å². The van der Waals surface area contributed by atoms with Gasteiger partial charge in [0.05, 0.1) is 26.9 Å². The first kappa shape index (κ1) is 38.4. The molecule has 0 aromatic heterocycles. The van der Waals surface area contributed by atoms with E-state index >= 15 is 0 Å². The van der Waals surface area contributed by atoms with E-state index in [4.69, 9.17) is 27.8 Å². The zero-order valence-corrected chi connectivity index (χ0v) is 32.4. The molecule has 0 unspecified atom stereocenters. The topological polar surface area (TPSA) is 204 Å². The molecule has 0 amide bonds. The molecule has 0 radical (unpaired) electrons. The molecule has 0 heterocycles. The number of fused-ring (bicyclic) bond motifs is 2. The van der Waals surface area contributed by atoms with E-state index in [2.05, 4.69) is 20.5 Å². The van der Waals surface area contributed by atoms with Gasteiger partial charge in [0.2, 0.25) is 0 Å². The molecule has 0 fully saturated rings. The van der Waals surface area contributed by atoms with Gasteiger partial charge in [0.15, 0.2) is 0 Å². The van der Waals surface area contributed by atoms with E-state index in [1.807, 2.05) is 24.3 Å². The first-order valence-electron chi connectivity index (χ1n) is 13.5. The number of nitrogens with zero attached hydrogens (tertiary/aromatic N) is 4. The van der Waals surface area contributed by atoms with E-state index in [9.17, 15) is 31.6 Å². The van der Waals surface area contributed by atoms with Crippen LogP contribution in [0.2, 0.25) is 10.0 Å². The van der Waals surface area contributed by atoms with Crippen LogP contribution in [-0.4, -0.2) is 79.9 Å². The van der Waals surface area contributed by atoms with Crippen LogP contribution in [-0.2, 0) is 20.2 Å². The van der Waals surface area contributed by atoms with E-state index in [0.29, 0.717) is 10.8 Å². The van der Waals surface area contributed by atoms with Crippen molar-refractivity contribution in [3.05, 3.63) is 119 Å². The molecule has 0 saturated heterocycles. The molecule has 6 aromatic rings. The minimum Gasteiger partial charge on any atom is -0.871 e. The van der Waals surface area contributed by atoms with Gasteiger partial charge in [-0.3, -0.25) is 4.55 Å². The average molecular weight is 861 g/mol. The van der Waals surface area contributed by atoms with Crippen LogP contribution >= 0.6 is 23.2 Å². The van der Waals surface area contributed by atoms with Gasteiger partial charge in [0.25, 0.3) is 10.1 Å². The largest absolute Gasteiger partial charge is 2.00 e. The third kappa shape index (κ3) is 9.87. The Labute approximate surface area is 330 Å². The summed E-state index contributed by atoms with van der Waals surface area (Å²) in [6.07, 6.45) is 0. The molecule has 0 aliphatic rings. The number of azo groups is 2. The molecule has 0 saturated carbocycles. The van der Waals surface area contributed by atoms with Crippen LogP contribution in [0.4, 0.5) is 22.7 Å². The van der Waals surface area contributed by atoms with Crippen molar-refractivity contribution < 1.29 is 36.2 Å². The maximum absolute atomic E-state index is 12.0. The minimum atomic E-state index is -4.67. The van der Waals surface area contributed by atoms with Crippen LogP contribution in [0.1, 0.15) is 0 Å². The number of benzene rings is 6. The number of rotatable bonds is 6. The van der Waals surface area contributed by atoms with Crippen LogP contribution in [0.3, 0.4) is 0 Å². The fraction of sp³-hybridized carbons (Fsp3) is 0. The minimum absolute atomic E-state index is 0. The first-order valence-corrected chi connectivity index (χ1v) is 17.1. The fourth-order valence-electron chi connectivity index (χ4n) is 4.41. The Hall–Kier alpha value is -3.39. The molecule has 0 aliphatic heterocycles. The number of phenolic OH excluding ortho intramolecular Hbond substituents is 1. The Bertz CT molecular complexity index is 2310. The van der Waals surface area contributed by atoms with Crippen molar-refractivity contribution >= 4 is 137 Å². The summed E-state index contributed by atoms with van der Waals surface area (Å²) in [5.74, 6) is -0.384. The van der Waals surface area contributed by atoms with Gasteiger partial charge in [-0.1, -0.05) is 95.7 Å². The summed E-state index contributed by atoms with van der Waals surface area (Å²) in [5.41, 5.74) is 0.563. The summed E-state index contributed by atoms with van der Waals surface area (Å²) >= 11 is 11.6. The Kier molecular flexibility index (Phi) is 12.6. The monoisotopic (exact) mass is 860 g/mol. The normalized spacial score (nSPS) is 11.8. The summed E-state index contributed by atoms with van der Waals surface area (Å²) in [6.45, 7) is 0. The Morgan fingerprint density at radius 1 is 0.592 bits per heavy atom. The standard InChI is InChI=1S/2C16H11ClN2O4S.Ba/c2*17-11-7-12(9-13(8-11)24(21,22)23)18-19-16-14-4-2-1-3-10(14)5-6-15(16)20;/h2*1-9,20H,(H,21,22,23);/q;;+2/p-2. The number of halogens is 2. The second-order valence-corrected chi connectivity index (χ2v) is 13.6. The van der Waals surface area contributed by atoms with Gasteiger partial charge in [-0.2, -0.15) is 23.8 Å². The summed E-state index contributed by atoms with van der Waals surface area (Å²) in [6, 6.07) is 27.8. The summed E-state index contributed by atoms with van der Waals surface area (Å²) < 4.78 is 64.9. The molecule has 6 aromatic carbocycles. The molecule has 2 N–H and O–H groups in total. The maximum Gasteiger partial charge on any atom is 2.00 e. The van der Waals surface area contributed by atoms with E-state index in [1.165, 1.54) is 24.3 Å². The summed E-state index contributed by atoms with van der Waals surface area (Å²) in [7, 11) is -9.08. The number of hydrogen-bond acceptors (Lipinski definition) is 11. The van der Waals surface area contributed by atoms with Gasteiger partial charge in [0.1, 0.15) is 21.6 Å². The van der Waals surface area contributed by atoms with E-state index < -0.39 is 25.1 Å². The molecule has 0 spiro atoms. The van der Waals surface area contributed by atoms with E-state index in [-0.39, 0.29) is 98.1 Å². The van der Waals surface area contributed by atoms with Crippen LogP contribution in [0, 0.1) is 0 Å². The van der Waals surface area contributed by atoms with Gasteiger partial charge < -0.3 is 14.8 Å². The Morgan fingerprint density at radius 2 is 1.06 bits per heavy atom. The zero-order valence-electron chi connectivity index (χ0n) is 24.8. The van der Waals surface area contributed by atoms with Crippen LogP contribution in [0.15, 0.2) is 139 Å². The van der Waals surface area contributed by atoms with E-state index in [0.717, 1.165) is 35.0 Å². The summed E-state index contributed by atoms with van der Waals surface area (Å²) in [5, 5.41) is 40.9. The molecule has 244 valence electrons. The number of hydrogen-bond donors (Lipinski definition) is 2. The molecule has 0 aliphatic carbocycles. The van der Waals surface area contributed by atoms with Gasteiger partial charge in [-0.15, -0.1) is 5.11 Å². The second-order valence-electron chi connectivity index (χ2n) is 9.91. The predicted molar refractivity (Wildman–Crippen MR) is 184 cm³/mol. The van der Waals surface area contributed by atoms with Gasteiger partial charge >= 0.3 is 48.9 Å². The van der Waals surface area contributed by atoms with Crippen molar-refractivity contribution in [1.29, 1.82) is 0 Å². The fourth-order valence-corrected chi connectivity index (χ4v) is 6.08. The van der Waals surface area contributed by atoms with Crippen molar-refractivity contribution in [2.75, 3.05) is 0 Å². The number of phenols is 1. The van der Waals surface area contributed by atoms with Gasteiger partial charge in [0, 0.05) is 20.8 Å². The SMILES string of the molecule is O=S(=O)(O)c1cc(Cl)cc(N=Nc2c(O)ccc3ccccc23)c1.O=S(=O)([O-])c1cc(Cl)cc(N=Nc2c([O-])ccc3ccccc23)c1.[Ba+2]. The third-order valence-electron chi connectivity index (χ3n) is 6.57. The van der Waals surface area contributed by atoms with Crippen molar-refractivity contribution in [2.45, 2.75) is 9.79 Å². The molecule has 6 rings (SSSR count). The molecular formula is C32H20BaCl2N4O8S2. The van der Waals surface area contributed by atoms with Crippen molar-refractivity contribution in [2.24, 2.45) is 20.5 Å². The molecular weight excluding hydrogens is 841 g/mol. The first-order chi connectivity index (χ1) is 22.7. The predicted octanol–water partition coefficient (Wildman–Crippen LogP) is 8.37. The molecule has 0 bridgehead atoms. The summed E-state index contributed by atoms with van der Waals surface area (Å²) in [4.78, 5) is -0.893. The van der Waals surface area contributed by atoms with Gasteiger partial charge in [-0.05, 0) is 53.2 Å². The van der Waals surface area contributed by atoms with E-state index in [1.54, 1.807) is 36.4 Å². The van der Waals surface area contributed by atoms with Gasteiger partial charge in [-0.25, -0.2) is 8.42 Å². The van der Waals surface area contributed by atoms with Crippen molar-refractivity contribution in [3.8, 4) is 11.5 Å². The second kappa shape index (κ2) is 16.1. The Morgan fingerprint density at radius 3 is 1.61 bits per heavy atom. The third-order valence-corrected chi connectivity index (χ3v) is 8.65. The average Bonchev–Trinajstić information content (AvgIpc) is 3.03. The van der Waals surface area contributed by atoms with Crippen molar-refractivity contribution in [1.82, 2.24) is 0 Å². The number of aromatic hydroxyl groups is 1. The molecule has 0 atom stereocenters. The zero-order chi connectivity index (χ0) is 34.6. The van der Waals surface area contributed by atoms with Crippen molar-refractivity contribution in [3.63, 3.8) is 0 Å². The van der Waals surface area contributed by atoms with Crippen LogP contribution < -0.4 is 5.11 Å². The molecule has 49 heavy (non-hydrogen) atoms. The smallest absolute Gasteiger partial charge is 0.871 e. The molecule has 12 nitrogen and oxygen atoms in total. The maximum atomic E-state index is 12.0. The van der Waals surface area contributed by atoms with Crippen LogP contribution in [0.25, 0.3) is 21.5 Å². The quantitative estimate of drug-likeness (QED) is 0.0944. The Balaban J connectivity index is 0.000000216. The molecule has 17 heteroatoms.